The molecule has 0 amide bonds. The first kappa shape index (κ1) is 17.6. The molecular weight excluding hydrogens is 345 g/mol. The first-order valence-electron chi connectivity index (χ1n) is 8.19. The fourth-order valence-corrected chi connectivity index (χ4v) is 3.22. The monoisotopic (exact) mass is 365 g/mol. The van der Waals surface area contributed by atoms with Crippen molar-refractivity contribution in [2.45, 2.75) is 32.1 Å². The van der Waals surface area contributed by atoms with Gasteiger partial charge in [0.1, 0.15) is 12.4 Å². The van der Waals surface area contributed by atoms with Gasteiger partial charge in [0.05, 0.1) is 6.10 Å². The molecule has 3 rings (SSSR count). The SMILES string of the molecule is Clc1cccc(Cl)c1COc1ccc(CNC[C@@H]2CCCO2)cc1. The zero-order valence-electron chi connectivity index (χ0n) is 13.4. The number of benzene rings is 2. The van der Waals surface area contributed by atoms with Gasteiger partial charge in [-0.3, -0.25) is 0 Å². The Morgan fingerprint density at radius 1 is 1.08 bits per heavy atom. The van der Waals surface area contributed by atoms with Crippen LogP contribution in [0.25, 0.3) is 0 Å². The van der Waals surface area contributed by atoms with Gasteiger partial charge in [0, 0.05) is 35.3 Å². The molecule has 128 valence electrons. The van der Waals surface area contributed by atoms with Crippen LogP contribution in [0.4, 0.5) is 0 Å². The van der Waals surface area contributed by atoms with Gasteiger partial charge in [-0.15, -0.1) is 0 Å². The quantitative estimate of drug-likeness (QED) is 0.761. The van der Waals surface area contributed by atoms with E-state index in [1.54, 1.807) is 0 Å². The Morgan fingerprint density at radius 3 is 2.50 bits per heavy atom. The number of hydrogen-bond donors (Lipinski definition) is 1. The Balaban J connectivity index is 1.47. The molecule has 0 radical (unpaired) electrons. The minimum absolute atomic E-state index is 0.356. The van der Waals surface area contributed by atoms with Crippen molar-refractivity contribution in [2.24, 2.45) is 0 Å². The number of nitrogens with one attached hydrogen (secondary N) is 1. The van der Waals surface area contributed by atoms with Gasteiger partial charge < -0.3 is 14.8 Å². The van der Waals surface area contributed by atoms with Gasteiger partial charge >= 0.3 is 0 Å². The van der Waals surface area contributed by atoms with Crippen LogP contribution in [-0.2, 0) is 17.9 Å². The van der Waals surface area contributed by atoms with Crippen LogP contribution >= 0.6 is 23.2 Å². The van der Waals surface area contributed by atoms with Crippen molar-refractivity contribution < 1.29 is 9.47 Å². The van der Waals surface area contributed by atoms with Crippen LogP contribution in [0.2, 0.25) is 10.0 Å². The predicted molar refractivity (Wildman–Crippen MR) is 97.9 cm³/mol. The third kappa shape index (κ3) is 4.87. The van der Waals surface area contributed by atoms with Crippen molar-refractivity contribution in [3.05, 3.63) is 63.6 Å². The molecule has 5 heteroatoms. The second-order valence-corrected chi connectivity index (χ2v) is 6.71. The normalized spacial score (nSPS) is 17.2. The highest BCUT2D eigenvalue weighted by molar-refractivity contribution is 6.35. The van der Waals surface area contributed by atoms with Crippen molar-refractivity contribution in [3.8, 4) is 5.75 Å². The summed E-state index contributed by atoms with van der Waals surface area (Å²) < 4.78 is 11.4. The maximum atomic E-state index is 6.15. The summed E-state index contributed by atoms with van der Waals surface area (Å²) in [6.45, 7) is 2.99. The molecule has 0 aliphatic carbocycles. The van der Waals surface area contributed by atoms with E-state index in [1.807, 2.05) is 30.3 Å². The summed E-state index contributed by atoms with van der Waals surface area (Å²) in [4.78, 5) is 0. The molecule has 1 saturated heterocycles. The molecule has 0 spiro atoms. The van der Waals surface area contributed by atoms with Crippen molar-refractivity contribution in [1.82, 2.24) is 5.32 Å². The zero-order valence-corrected chi connectivity index (χ0v) is 14.9. The van der Waals surface area contributed by atoms with Crippen molar-refractivity contribution in [3.63, 3.8) is 0 Å². The number of rotatable bonds is 7. The highest BCUT2D eigenvalue weighted by Crippen LogP contribution is 2.26. The van der Waals surface area contributed by atoms with E-state index in [4.69, 9.17) is 32.7 Å². The second kappa shape index (κ2) is 8.72. The maximum absolute atomic E-state index is 6.15. The van der Waals surface area contributed by atoms with Crippen LogP contribution in [0.5, 0.6) is 5.75 Å². The van der Waals surface area contributed by atoms with Gasteiger partial charge in [0.25, 0.3) is 0 Å². The Morgan fingerprint density at radius 2 is 1.83 bits per heavy atom. The van der Waals surface area contributed by atoms with E-state index >= 15 is 0 Å². The van der Waals surface area contributed by atoms with Crippen LogP contribution in [0.1, 0.15) is 24.0 Å². The molecule has 0 saturated carbocycles. The smallest absolute Gasteiger partial charge is 0.119 e. The fraction of sp³-hybridized carbons (Fsp3) is 0.368. The van der Waals surface area contributed by atoms with Crippen LogP contribution in [-0.4, -0.2) is 19.3 Å². The average molecular weight is 366 g/mol. The van der Waals surface area contributed by atoms with Gasteiger partial charge in [0.2, 0.25) is 0 Å². The molecule has 1 heterocycles. The summed E-state index contributed by atoms with van der Waals surface area (Å²) in [6.07, 6.45) is 2.70. The Labute approximate surface area is 152 Å². The predicted octanol–water partition coefficient (Wildman–Crippen LogP) is 4.84. The molecule has 2 aromatic carbocycles. The molecule has 2 aromatic rings. The van der Waals surface area contributed by atoms with Crippen molar-refractivity contribution >= 4 is 23.2 Å². The van der Waals surface area contributed by atoms with E-state index in [-0.39, 0.29) is 0 Å². The molecule has 0 aromatic heterocycles. The Bertz CT molecular complexity index is 635. The Kier molecular flexibility index (Phi) is 6.38. The molecule has 1 atom stereocenters. The van der Waals surface area contributed by atoms with Gasteiger partial charge in [-0.25, -0.2) is 0 Å². The number of hydrogen-bond acceptors (Lipinski definition) is 3. The lowest BCUT2D eigenvalue weighted by Crippen LogP contribution is -2.25. The van der Waals surface area contributed by atoms with E-state index in [2.05, 4.69) is 17.4 Å². The lowest BCUT2D eigenvalue weighted by atomic mass is 10.2. The van der Waals surface area contributed by atoms with Gasteiger partial charge in [-0.2, -0.15) is 0 Å². The van der Waals surface area contributed by atoms with Gasteiger partial charge in [-0.05, 0) is 42.7 Å². The van der Waals surface area contributed by atoms with Crippen LogP contribution in [0.15, 0.2) is 42.5 Å². The lowest BCUT2D eigenvalue weighted by Gasteiger charge is -2.12. The van der Waals surface area contributed by atoms with E-state index in [1.165, 1.54) is 12.0 Å². The summed E-state index contributed by atoms with van der Waals surface area (Å²) in [7, 11) is 0. The summed E-state index contributed by atoms with van der Waals surface area (Å²) >= 11 is 12.3. The summed E-state index contributed by atoms with van der Waals surface area (Å²) in [5.74, 6) is 0.800. The standard InChI is InChI=1S/C19H21Cl2NO2/c20-18-4-1-5-19(21)17(18)13-24-15-8-6-14(7-9-15)11-22-12-16-3-2-10-23-16/h1,4-9,16,22H,2-3,10-13H2/t16-/m0/s1. The van der Waals surface area contributed by atoms with E-state index < -0.39 is 0 Å². The molecule has 1 aliphatic rings. The molecular formula is C19H21Cl2NO2. The summed E-state index contributed by atoms with van der Waals surface area (Å²) in [5.41, 5.74) is 2.03. The average Bonchev–Trinajstić information content (AvgIpc) is 3.09. The van der Waals surface area contributed by atoms with Crippen LogP contribution < -0.4 is 10.1 Å². The summed E-state index contributed by atoms with van der Waals surface area (Å²) in [5, 5.41) is 4.68. The van der Waals surface area contributed by atoms with Crippen molar-refractivity contribution in [2.75, 3.05) is 13.2 Å². The number of halogens is 2. The highest BCUT2D eigenvalue weighted by atomic mass is 35.5. The summed E-state index contributed by atoms with van der Waals surface area (Å²) in [6, 6.07) is 13.5. The third-order valence-electron chi connectivity index (χ3n) is 4.09. The van der Waals surface area contributed by atoms with Gasteiger partial charge in [0.15, 0.2) is 0 Å². The third-order valence-corrected chi connectivity index (χ3v) is 4.80. The van der Waals surface area contributed by atoms with Crippen LogP contribution in [0, 0.1) is 0 Å². The Hall–Kier alpha value is -1.26. The largest absolute Gasteiger partial charge is 0.489 e. The van der Waals surface area contributed by atoms with Crippen molar-refractivity contribution in [1.29, 1.82) is 0 Å². The lowest BCUT2D eigenvalue weighted by molar-refractivity contribution is 0.110. The minimum Gasteiger partial charge on any atom is -0.489 e. The molecule has 1 N–H and O–H groups in total. The minimum atomic E-state index is 0.356. The number of ether oxygens (including phenoxy) is 2. The van der Waals surface area contributed by atoms with Gasteiger partial charge in [-0.1, -0.05) is 41.4 Å². The fourth-order valence-electron chi connectivity index (χ4n) is 2.71. The molecule has 1 fully saturated rings. The molecule has 0 bridgehead atoms. The molecule has 1 aliphatic heterocycles. The van der Waals surface area contributed by atoms with Crippen LogP contribution in [0.3, 0.4) is 0 Å². The molecule has 24 heavy (non-hydrogen) atoms. The molecule has 3 nitrogen and oxygen atoms in total. The van der Waals surface area contributed by atoms with E-state index in [0.29, 0.717) is 22.8 Å². The second-order valence-electron chi connectivity index (χ2n) is 5.90. The first-order chi connectivity index (χ1) is 11.7. The maximum Gasteiger partial charge on any atom is 0.119 e. The van der Waals surface area contributed by atoms with E-state index in [0.717, 1.165) is 37.4 Å². The topological polar surface area (TPSA) is 30.5 Å². The molecule has 0 unspecified atom stereocenters. The zero-order chi connectivity index (χ0) is 16.8. The van der Waals surface area contributed by atoms with E-state index in [9.17, 15) is 0 Å². The first-order valence-corrected chi connectivity index (χ1v) is 8.95. The highest BCUT2D eigenvalue weighted by Gasteiger charge is 2.14.